The number of ketones is 1. The molecule has 0 aliphatic heterocycles. The van der Waals surface area contributed by atoms with E-state index in [2.05, 4.69) is 26.7 Å². The van der Waals surface area contributed by atoms with E-state index in [-0.39, 0.29) is 30.7 Å². The summed E-state index contributed by atoms with van der Waals surface area (Å²) in [4.78, 5) is 70.7. The van der Waals surface area contributed by atoms with Crippen molar-refractivity contribution in [2.45, 2.75) is 96.7 Å². The first-order valence-electron chi connectivity index (χ1n) is 26.5. The maximum absolute atomic E-state index is 12.7. The van der Waals surface area contributed by atoms with Crippen molar-refractivity contribution in [3.8, 4) is 23.0 Å². The summed E-state index contributed by atoms with van der Waals surface area (Å²) in [7, 11) is 2.94. The molecule has 0 fully saturated rings. The van der Waals surface area contributed by atoms with E-state index >= 15 is 0 Å². The van der Waals surface area contributed by atoms with Crippen LogP contribution in [0.2, 0.25) is 0 Å². The minimum absolute atomic E-state index is 0.218. The van der Waals surface area contributed by atoms with Gasteiger partial charge in [0, 0.05) is 56.4 Å². The van der Waals surface area contributed by atoms with Gasteiger partial charge in [-0.2, -0.15) is 0 Å². The van der Waals surface area contributed by atoms with Gasteiger partial charge in [-0.15, -0.1) is 0 Å². The Hall–Kier alpha value is -8.14. The summed E-state index contributed by atoms with van der Waals surface area (Å²) in [6.07, 6.45) is 17.4. The highest BCUT2D eigenvalue weighted by Gasteiger charge is 2.41. The topological polar surface area (TPSA) is 185 Å². The summed E-state index contributed by atoms with van der Waals surface area (Å²) in [6, 6.07) is 35.8. The van der Waals surface area contributed by atoms with E-state index in [9.17, 15) is 28.8 Å². The van der Waals surface area contributed by atoms with E-state index in [0.29, 0.717) is 77.7 Å². The highest BCUT2D eigenvalue weighted by atomic mass is 16.7. The molecule has 15 nitrogen and oxygen atoms in total. The summed E-state index contributed by atoms with van der Waals surface area (Å²) in [5.41, 5.74) is 2.47. The van der Waals surface area contributed by atoms with E-state index < -0.39 is 29.7 Å². The van der Waals surface area contributed by atoms with Crippen LogP contribution < -0.4 is 18.9 Å². The highest BCUT2D eigenvalue weighted by Crippen LogP contribution is 2.31. The second-order valence-electron chi connectivity index (χ2n) is 17.5. The number of ether oxygens (including phenoxy) is 9. The molecular weight excluding hydrogens is 1010 g/mol. The number of carbonyl (C=O) groups is 6. The summed E-state index contributed by atoms with van der Waals surface area (Å²) >= 11 is 0. The van der Waals surface area contributed by atoms with Crippen molar-refractivity contribution in [2.24, 2.45) is 0 Å². The number of aryl methyl sites for hydroxylation is 1. The monoisotopic (exact) mass is 1080 g/mol. The Morgan fingerprint density at radius 2 is 0.848 bits per heavy atom. The molecular formula is C64H76O15. The molecule has 0 aromatic heterocycles. The third-order valence-electron chi connectivity index (χ3n) is 11.6. The lowest BCUT2D eigenvalue weighted by atomic mass is 9.96. The van der Waals surface area contributed by atoms with Gasteiger partial charge in [-0.05, 0) is 85.6 Å². The Labute approximate surface area is 465 Å². The third kappa shape index (κ3) is 24.8. The quantitative estimate of drug-likeness (QED) is 0.00734. The van der Waals surface area contributed by atoms with Crippen LogP contribution in [0.15, 0.2) is 165 Å². The average molecular weight is 1090 g/mol. The number of hydrogen-bond acceptors (Lipinski definition) is 15. The van der Waals surface area contributed by atoms with E-state index in [1.54, 1.807) is 79.7 Å². The molecule has 15 heteroatoms. The van der Waals surface area contributed by atoms with Gasteiger partial charge in [-0.1, -0.05) is 145 Å². The Kier molecular flexibility index (Phi) is 31.7. The second-order valence-corrected chi connectivity index (χ2v) is 17.5. The molecule has 0 aliphatic carbocycles. The lowest BCUT2D eigenvalue weighted by molar-refractivity contribution is -0.176. The van der Waals surface area contributed by atoms with Crippen LogP contribution in [0.5, 0.6) is 23.0 Å². The Bertz CT molecular complexity index is 2620. The number of Topliss-reactive ketones (excluding diaryl/α,β-unsaturated/α-hetero) is 1. The Balaban J connectivity index is 0.000000373. The van der Waals surface area contributed by atoms with Crippen molar-refractivity contribution in [3.63, 3.8) is 0 Å². The zero-order chi connectivity index (χ0) is 57.5. The van der Waals surface area contributed by atoms with Gasteiger partial charge in [0.1, 0.15) is 23.0 Å². The molecule has 0 N–H and O–H groups in total. The number of esters is 5. The normalized spacial score (nSPS) is 10.4. The number of rotatable bonds is 33. The molecule has 5 aromatic carbocycles. The fourth-order valence-electron chi connectivity index (χ4n) is 7.35. The molecule has 0 aliphatic rings. The average Bonchev–Trinajstić information content (AvgIpc) is 3.51. The third-order valence-corrected chi connectivity index (χ3v) is 11.6. The van der Waals surface area contributed by atoms with Crippen molar-refractivity contribution in [2.75, 3.05) is 47.3 Å². The number of carbonyl (C=O) groups excluding carboxylic acids is 6. The van der Waals surface area contributed by atoms with Crippen LogP contribution in [0.4, 0.5) is 0 Å². The van der Waals surface area contributed by atoms with Gasteiger partial charge < -0.3 is 42.6 Å². The van der Waals surface area contributed by atoms with Gasteiger partial charge in [0.2, 0.25) is 5.78 Å². The van der Waals surface area contributed by atoms with E-state index in [4.69, 9.17) is 42.6 Å². The minimum Gasteiger partial charge on any atom is -0.493 e. The smallest absolute Gasteiger partial charge is 0.343 e. The zero-order valence-corrected chi connectivity index (χ0v) is 46.1. The van der Waals surface area contributed by atoms with Crippen LogP contribution in [-0.2, 0) is 43.9 Å². The van der Waals surface area contributed by atoms with Crippen LogP contribution in [0, 0.1) is 6.92 Å². The van der Waals surface area contributed by atoms with E-state index in [1.807, 2.05) is 48.5 Å². The standard InChI is InChI=1S/C33H32O10.C16H16O3.C15H28O2/c1-4-30(34)40-20-6-18-38-26-12-8-24(9-13-26)32(36)42-28-16-17-29(23(3)22-28)43-33(37)25-10-14-27(15-11-25)39-19-7-21-41-31(35)5-2;1-18-16(19-2,14-11-7-4-8-12-14)15(17)13-9-5-3-6-10-13;1-3-5-6-7-8-9-10-11-12-13-14-17-15(16)4-2/h4-5,8-17,22H,1-2,6-7,18-21H2,3H3;3-12H,1-2H3;4H,2-3,5-14H2,1H3. The lowest BCUT2D eigenvalue weighted by Crippen LogP contribution is -2.39. The Morgan fingerprint density at radius 3 is 1.28 bits per heavy atom. The number of unbranched alkanes of at least 4 members (excludes halogenated alkanes) is 9. The largest absolute Gasteiger partial charge is 0.493 e. The summed E-state index contributed by atoms with van der Waals surface area (Å²) in [5, 5.41) is 0. The molecule has 0 amide bonds. The van der Waals surface area contributed by atoms with Gasteiger partial charge in [-0.25, -0.2) is 24.0 Å². The lowest BCUT2D eigenvalue weighted by Gasteiger charge is -2.29. The number of methoxy groups -OCH3 is 2. The molecule has 0 bridgehead atoms. The van der Waals surface area contributed by atoms with Crippen molar-refractivity contribution in [1.29, 1.82) is 0 Å². The van der Waals surface area contributed by atoms with E-state index in [1.165, 1.54) is 84.1 Å². The molecule has 0 heterocycles. The van der Waals surface area contributed by atoms with Crippen molar-refractivity contribution in [3.05, 3.63) is 193 Å². The zero-order valence-electron chi connectivity index (χ0n) is 46.1. The van der Waals surface area contributed by atoms with Gasteiger partial charge in [0.05, 0.1) is 44.2 Å². The SMILES string of the molecule is C=CC(=O)OCCCCCCCCCCCC.C=CC(=O)OCCCOc1ccc(C(=O)Oc2ccc(OC(=O)c3ccc(OCCCOC(=O)C=C)cc3)c(C)c2)cc1.COC(OC)(C(=O)c1ccccc1)c1ccccc1. The fraction of sp³-hybridized carbons (Fsp3) is 0.344. The Morgan fingerprint density at radius 1 is 0.443 bits per heavy atom. The van der Waals surface area contributed by atoms with Gasteiger partial charge in [0.25, 0.3) is 5.79 Å². The first-order valence-corrected chi connectivity index (χ1v) is 26.5. The summed E-state index contributed by atoms with van der Waals surface area (Å²) in [5.74, 6) is -2.29. The van der Waals surface area contributed by atoms with Crippen LogP contribution >= 0.6 is 0 Å². The first kappa shape index (κ1) is 65.1. The maximum Gasteiger partial charge on any atom is 0.343 e. The van der Waals surface area contributed by atoms with Crippen molar-refractivity contribution < 1.29 is 71.4 Å². The van der Waals surface area contributed by atoms with Crippen molar-refractivity contribution >= 4 is 35.6 Å². The maximum atomic E-state index is 12.7. The first-order chi connectivity index (χ1) is 38.3. The van der Waals surface area contributed by atoms with Gasteiger partial charge in [0.15, 0.2) is 0 Å². The molecule has 0 saturated heterocycles. The fourth-order valence-corrected chi connectivity index (χ4v) is 7.35. The second kappa shape index (κ2) is 38.4. The summed E-state index contributed by atoms with van der Waals surface area (Å²) in [6.45, 7) is 15.6. The molecule has 0 saturated carbocycles. The number of hydrogen-bond donors (Lipinski definition) is 0. The molecule has 5 aromatic rings. The van der Waals surface area contributed by atoms with Crippen LogP contribution in [0.3, 0.4) is 0 Å². The number of benzene rings is 5. The molecule has 0 spiro atoms. The molecule has 0 radical (unpaired) electrons. The molecule has 79 heavy (non-hydrogen) atoms. The predicted octanol–water partition coefficient (Wildman–Crippen LogP) is 13.1. The van der Waals surface area contributed by atoms with Crippen LogP contribution in [-0.4, -0.2) is 82.9 Å². The van der Waals surface area contributed by atoms with Gasteiger partial charge >= 0.3 is 29.8 Å². The van der Waals surface area contributed by atoms with Crippen molar-refractivity contribution in [1.82, 2.24) is 0 Å². The molecule has 0 unspecified atom stereocenters. The van der Waals surface area contributed by atoms with Gasteiger partial charge in [-0.3, -0.25) is 4.79 Å². The molecule has 422 valence electrons. The summed E-state index contributed by atoms with van der Waals surface area (Å²) < 4.78 is 47.6. The minimum atomic E-state index is -1.40. The highest BCUT2D eigenvalue weighted by molar-refractivity contribution is 6.02. The van der Waals surface area contributed by atoms with Crippen LogP contribution in [0.25, 0.3) is 0 Å². The van der Waals surface area contributed by atoms with E-state index in [0.717, 1.165) is 18.6 Å². The van der Waals surface area contributed by atoms with Crippen LogP contribution in [0.1, 0.15) is 126 Å². The molecule has 0 atom stereocenters. The molecule has 5 rings (SSSR count). The predicted molar refractivity (Wildman–Crippen MR) is 302 cm³/mol.